The van der Waals surface area contributed by atoms with Gasteiger partial charge in [0.1, 0.15) is 11.6 Å². The summed E-state index contributed by atoms with van der Waals surface area (Å²) in [5.74, 6) is -1.35. The number of hydrogen-bond acceptors (Lipinski definition) is 3. The molecule has 0 N–H and O–H groups in total. The minimum Gasteiger partial charge on any atom is -0.466 e. The third-order valence-electron chi connectivity index (χ3n) is 5.12. The summed E-state index contributed by atoms with van der Waals surface area (Å²) >= 11 is 0. The minimum atomic E-state index is -0.887. The Kier molecular flexibility index (Phi) is 6.07. The average Bonchev–Trinajstić information content (AvgIpc) is 2.70. The molecule has 1 fully saturated rings. The van der Waals surface area contributed by atoms with E-state index in [1.165, 1.54) is 36.4 Å². The number of esters is 1. The van der Waals surface area contributed by atoms with Gasteiger partial charge in [-0.05, 0) is 68.1 Å². The van der Waals surface area contributed by atoms with Gasteiger partial charge in [-0.1, -0.05) is 12.1 Å². The van der Waals surface area contributed by atoms with Gasteiger partial charge in [0.2, 0.25) is 0 Å². The molecule has 1 saturated heterocycles. The van der Waals surface area contributed by atoms with Gasteiger partial charge in [-0.2, -0.15) is 0 Å². The molecular formula is C22H23F2NO3. The van der Waals surface area contributed by atoms with Crippen molar-refractivity contribution in [3.8, 4) is 0 Å². The highest BCUT2D eigenvalue weighted by Crippen LogP contribution is 2.36. The number of benzene rings is 2. The Morgan fingerprint density at radius 3 is 2.25 bits per heavy atom. The van der Waals surface area contributed by atoms with Crippen LogP contribution in [-0.4, -0.2) is 36.5 Å². The van der Waals surface area contributed by atoms with E-state index >= 15 is 0 Å². The predicted molar refractivity (Wildman–Crippen MR) is 101 cm³/mol. The van der Waals surface area contributed by atoms with Gasteiger partial charge in [-0.3, -0.25) is 9.59 Å². The summed E-state index contributed by atoms with van der Waals surface area (Å²) in [7, 11) is 0. The monoisotopic (exact) mass is 387 g/mol. The largest absolute Gasteiger partial charge is 0.466 e. The standard InChI is InChI=1S/C22H23F2NO3/c1-2-28-21(27)22(14-16-4-8-18(23)9-5-16)12-3-13-25(15-22)20(26)17-6-10-19(24)11-7-17/h4-11H,2-3,12-15H2,1H3/t22-/m1/s1. The number of piperidine rings is 1. The van der Waals surface area contributed by atoms with Crippen LogP contribution in [0.15, 0.2) is 48.5 Å². The van der Waals surface area contributed by atoms with Crippen LogP contribution in [0.3, 0.4) is 0 Å². The van der Waals surface area contributed by atoms with E-state index in [-0.39, 0.29) is 30.8 Å². The number of rotatable bonds is 5. The van der Waals surface area contributed by atoms with Gasteiger partial charge in [0.15, 0.2) is 0 Å². The predicted octanol–water partition coefficient (Wildman–Crippen LogP) is 3.99. The highest BCUT2D eigenvalue weighted by molar-refractivity contribution is 5.94. The molecule has 0 spiro atoms. The quantitative estimate of drug-likeness (QED) is 0.729. The molecule has 0 aromatic heterocycles. The molecule has 1 aliphatic rings. The molecule has 1 amide bonds. The van der Waals surface area contributed by atoms with Gasteiger partial charge in [-0.25, -0.2) is 8.78 Å². The third kappa shape index (κ3) is 4.38. The maximum absolute atomic E-state index is 13.3. The van der Waals surface area contributed by atoms with Crippen LogP contribution in [0.2, 0.25) is 0 Å². The van der Waals surface area contributed by atoms with E-state index in [9.17, 15) is 18.4 Å². The van der Waals surface area contributed by atoms with Crippen LogP contribution in [0.25, 0.3) is 0 Å². The van der Waals surface area contributed by atoms with Crippen LogP contribution in [0, 0.1) is 17.0 Å². The van der Waals surface area contributed by atoms with Crippen molar-refractivity contribution < 1.29 is 23.1 Å². The van der Waals surface area contributed by atoms with Crippen LogP contribution in [-0.2, 0) is 16.0 Å². The Balaban J connectivity index is 1.86. The Morgan fingerprint density at radius 2 is 1.64 bits per heavy atom. The zero-order valence-electron chi connectivity index (χ0n) is 15.8. The average molecular weight is 387 g/mol. The Hall–Kier alpha value is -2.76. The molecule has 1 aliphatic heterocycles. The van der Waals surface area contributed by atoms with E-state index in [4.69, 9.17) is 4.74 Å². The van der Waals surface area contributed by atoms with Crippen molar-refractivity contribution in [2.45, 2.75) is 26.2 Å². The first-order chi connectivity index (χ1) is 13.4. The van der Waals surface area contributed by atoms with Crippen LogP contribution >= 0.6 is 0 Å². The number of hydrogen-bond donors (Lipinski definition) is 0. The highest BCUT2D eigenvalue weighted by Gasteiger charge is 2.44. The molecule has 0 aliphatic carbocycles. The van der Waals surface area contributed by atoms with Crippen molar-refractivity contribution in [1.29, 1.82) is 0 Å². The molecule has 1 atom stereocenters. The van der Waals surface area contributed by atoms with Gasteiger partial charge in [0.25, 0.3) is 5.91 Å². The van der Waals surface area contributed by atoms with Crippen molar-refractivity contribution in [1.82, 2.24) is 4.90 Å². The second-order valence-electron chi connectivity index (χ2n) is 7.14. The van der Waals surface area contributed by atoms with Crippen molar-refractivity contribution in [3.05, 3.63) is 71.3 Å². The summed E-state index contributed by atoms with van der Waals surface area (Å²) < 4.78 is 31.7. The molecule has 0 unspecified atom stereocenters. The molecule has 0 bridgehead atoms. The second kappa shape index (κ2) is 8.50. The van der Waals surface area contributed by atoms with Crippen LogP contribution in [0.4, 0.5) is 8.78 Å². The number of carbonyl (C=O) groups is 2. The van der Waals surface area contributed by atoms with E-state index in [1.54, 1.807) is 24.0 Å². The Labute approximate surface area is 163 Å². The topological polar surface area (TPSA) is 46.6 Å². The van der Waals surface area contributed by atoms with Crippen LogP contribution in [0.1, 0.15) is 35.7 Å². The highest BCUT2D eigenvalue weighted by atomic mass is 19.1. The number of carbonyl (C=O) groups excluding carboxylic acids is 2. The molecule has 0 radical (unpaired) electrons. The normalized spacial score (nSPS) is 19.3. The molecule has 0 saturated carbocycles. The number of halogens is 2. The summed E-state index contributed by atoms with van der Waals surface area (Å²) in [5, 5.41) is 0. The molecule has 28 heavy (non-hydrogen) atoms. The molecule has 2 aromatic rings. The minimum absolute atomic E-state index is 0.208. The first-order valence-electron chi connectivity index (χ1n) is 9.40. The summed E-state index contributed by atoms with van der Waals surface area (Å²) in [4.78, 5) is 27.4. The van der Waals surface area contributed by atoms with Crippen molar-refractivity contribution in [2.75, 3.05) is 19.7 Å². The summed E-state index contributed by atoms with van der Waals surface area (Å²) in [5.41, 5.74) is 0.301. The maximum Gasteiger partial charge on any atom is 0.314 e. The maximum atomic E-state index is 13.3. The lowest BCUT2D eigenvalue weighted by molar-refractivity contribution is -0.158. The summed E-state index contributed by atoms with van der Waals surface area (Å²) in [6.07, 6.45) is 1.59. The van der Waals surface area contributed by atoms with Crippen LogP contribution in [0.5, 0.6) is 0 Å². The zero-order valence-corrected chi connectivity index (χ0v) is 15.8. The lowest BCUT2D eigenvalue weighted by atomic mass is 9.75. The van der Waals surface area contributed by atoms with Crippen molar-refractivity contribution >= 4 is 11.9 Å². The SMILES string of the molecule is CCOC(=O)[C@@]1(Cc2ccc(F)cc2)CCCN(C(=O)c2ccc(F)cc2)C1. The van der Waals surface area contributed by atoms with Gasteiger partial charge < -0.3 is 9.64 Å². The second-order valence-corrected chi connectivity index (χ2v) is 7.14. The third-order valence-corrected chi connectivity index (χ3v) is 5.12. The zero-order chi connectivity index (χ0) is 20.1. The molecule has 6 heteroatoms. The van der Waals surface area contributed by atoms with Crippen LogP contribution < -0.4 is 0 Å². The van der Waals surface area contributed by atoms with Gasteiger partial charge in [0, 0.05) is 18.7 Å². The lowest BCUT2D eigenvalue weighted by Gasteiger charge is -2.41. The smallest absolute Gasteiger partial charge is 0.314 e. The number of amides is 1. The van der Waals surface area contributed by atoms with E-state index in [2.05, 4.69) is 0 Å². The van der Waals surface area contributed by atoms with E-state index in [1.807, 2.05) is 0 Å². The van der Waals surface area contributed by atoms with E-state index in [0.29, 0.717) is 31.4 Å². The fourth-order valence-electron chi connectivity index (χ4n) is 3.74. The number of ether oxygens (including phenoxy) is 1. The Morgan fingerprint density at radius 1 is 1.04 bits per heavy atom. The first-order valence-corrected chi connectivity index (χ1v) is 9.40. The van der Waals surface area contributed by atoms with Gasteiger partial charge in [0.05, 0.1) is 12.0 Å². The number of nitrogens with zero attached hydrogens (tertiary/aromatic N) is 1. The van der Waals surface area contributed by atoms with Gasteiger partial charge >= 0.3 is 5.97 Å². The summed E-state index contributed by atoms with van der Waals surface area (Å²) in [6, 6.07) is 11.4. The van der Waals surface area contributed by atoms with E-state index < -0.39 is 11.2 Å². The first kappa shape index (κ1) is 20.0. The van der Waals surface area contributed by atoms with E-state index in [0.717, 1.165) is 5.56 Å². The molecule has 3 rings (SSSR count). The molecule has 2 aromatic carbocycles. The Bertz CT molecular complexity index is 836. The fourth-order valence-corrected chi connectivity index (χ4v) is 3.74. The van der Waals surface area contributed by atoms with Crippen molar-refractivity contribution in [2.24, 2.45) is 5.41 Å². The lowest BCUT2D eigenvalue weighted by Crippen LogP contribution is -2.51. The molecule has 148 valence electrons. The number of likely N-dealkylation sites (tertiary alicyclic amines) is 1. The fraction of sp³-hybridized carbons (Fsp3) is 0.364. The van der Waals surface area contributed by atoms with Gasteiger partial charge in [-0.15, -0.1) is 0 Å². The van der Waals surface area contributed by atoms with Crippen molar-refractivity contribution in [3.63, 3.8) is 0 Å². The summed E-state index contributed by atoms with van der Waals surface area (Å²) in [6.45, 7) is 2.71. The molecule has 4 nitrogen and oxygen atoms in total. The molecular weight excluding hydrogens is 364 g/mol. The molecule has 1 heterocycles.